The summed E-state index contributed by atoms with van der Waals surface area (Å²) in [5.74, 6) is -25.0. The number of fused-ring (bicyclic) bond motifs is 6. The molecule has 4 aromatic carbocycles. The number of aliphatic hydroxyl groups is 1. The third kappa shape index (κ3) is 34.7. The van der Waals surface area contributed by atoms with Crippen molar-refractivity contribution in [2.24, 2.45) is 28.5 Å². The molecule has 2 aliphatic heterocycles. The van der Waals surface area contributed by atoms with Gasteiger partial charge >= 0.3 is 23.9 Å². The van der Waals surface area contributed by atoms with E-state index in [-0.39, 0.29) is 40.9 Å². The Hall–Kier alpha value is -12.0. The summed E-state index contributed by atoms with van der Waals surface area (Å²) in [5, 5.41) is 87.8. The second-order valence-corrected chi connectivity index (χ2v) is 35.3. The minimum absolute atomic E-state index is 0.0203. The van der Waals surface area contributed by atoms with Crippen LogP contribution >= 0.6 is 35.3 Å². The van der Waals surface area contributed by atoms with Crippen molar-refractivity contribution in [2.45, 2.75) is 234 Å². The zero-order valence-corrected chi connectivity index (χ0v) is 73.7. The van der Waals surface area contributed by atoms with Crippen molar-refractivity contribution < 1.29 is 117 Å². The van der Waals surface area contributed by atoms with E-state index in [9.17, 15) is 107 Å². The molecule has 41 nitrogen and oxygen atoms in total. The lowest BCUT2D eigenvalue weighted by Crippen LogP contribution is -2.62. The Morgan fingerprint density at radius 1 is 0.465 bits per heavy atom. The van der Waals surface area contributed by atoms with Crippen molar-refractivity contribution in [3.05, 3.63) is 119 Å². The van der Waals surface area contributed by atoms with Gasteiger partial charge in [-0.1, -0.05) is 119 Å². The Morgan fingerprint density at radius 2 is 0.906 bits per heavy atom. The number of thioether (sulfide) groups is 3. The lowest BCUT2D eigenvalue weighted by Gasteiger charge is -2.33. The van der Waals surface area contributed by atoms with Gasteiger partial charge in [-0.15, -0.1) is 0 Å². The van der Waals surface area contributed by atoms with Crippen molar-refractivity contribution in [2.75, 3.05) is 17.3 Å². The van der Waals surface area contributed by atoms with E-state index in [1.54, 1.807) is 78.9 Å². The molecule has 6 rings (SSSR count). The van der Waals surface area contributed by atoms with Crippen LogP contribution in [0.25, 0.3) is 10.8 Å². The van der Waals surface area contributed by atoms with Gasteiger partial charge in [-0.3, -0.25) is 96.4 Å². The number of carboxylic acid groups (broad SMARTS) is 4. The molecule has 0 saturated heterocycles. The average molecular weight is 1830 g/mol. The van der Waals surface area contributed by atoms with Gasteiger partial charge in [0.25, 0.3) is 0 Å². The number of amides is 15. The zero-order valence-electron chi connectivity index (χ0n) is 71.2. The third-order valence-corrected chi connectivity index (χ3v) is 23.6. The first-order chi connectivity index (χ1) is 59.7. The van der Waals surface area contributed by atoms with Gasteiger partial charge in [0, 0.05) is 60.2 Å². The van der Waals surface area contributed by atoms with E-state index in [0.717, 1.165) is 35.3 Å². The fourth-order valence-corrected chi connectivity index (χ4v) is 16.3. The number of hydrogen-bond donors (Lipinski definition) is 22. The molecule has 17 atom stereocenters. The molecule has 2 heterocycles. The Bertz CT molecular complexity index is 4670. The van der Waals surface area contributed by atoms with E-state index < -0.39 is 278 Å². The number of carboxylic acids is 4. The summed E-state index contributed by atoms with van der Waals surface area (Å²) < 4.78 is 0. The number of hydrogen-bond acceptors (Lipinski definition) is 25. The highest BCUT2D eigenvalue weighted by Gasteiger charge is 2.42. The molecule has 692 valence electrons. The van der Waals surface area contributed by atoms with Crippen LogP contribution in [0, 0.1) is 11.3 Å². The van der Waals surface area contributed by atoms with Crippen molar-refractivity contribution >= 4 is 159 Å². The molecule has 25 N–H and O–H groups in total. The normalized spacial score (nSPS) is 24.9. The highest BCUT2D eigenvalue weighted by molar-refractivity contribution is 7.99. The van der Waals surface area contributed by atoms with Crippen LogP contribution in [0.15, 0.2) is 91.0 Å². The van der Waals surface area contributed by atoms with Gasteiger partial charge in [0.15, 0.2) is 0 Å². The van der Waals surface area contributed by atoms with Crippen LogP contribution in [0.1, 0.15) is 135 Å². The van der Waals surface area contributed by atoms with Crippen LogP contribution in [-0.4, -0.2) is 252 Å². The van der Waals surface area contributed by atoms with Crippen LogP contribution in [0.2, 0.25) is 0 Å². The predicted molar refractivity (Wildman–Crippen MR) is 466 cm³/mol. The predicted octanol–water partition coefficient (Wildman–Crippen LogP) is -2.85. The molecule has 0 radical (unpaired) electrons. The standard InChI is InChI=1S/C83H113N17O24S3/c1-40(43(4)101)25-54-75(117)97-59(33-67(109)110)79(121)100-68(83(6,7)8)82(124)98-60(69(86)111)37-125-34-46-26-47-28-48(27-46)36-127-39-62(99-70(112)41(2)84)80(122)87-42(3)71(113)92-57(31-63(85)102)77(119)90-52(21-23-64(103)104)72(114)95-56(30-50-19-14-18-49-17-12-13-20-51(49)50)74(116)89-44(5)88-61(38-126-35-47)81(123)91-53(22-24-65(105)106)73(115)96-58(32-66(107)108)78(120)94-55(76(118)93-54)29-45-15-10-9-11-16-45/h9-20,26-28,40-44,52-62,68,88,101H,21-25,29-39,84H2,1-8H3,(H2,85,102)(H2,86,111)(H,87,122)(H,89,116)(H,90,119)(H,91,123)(H,92,113)(H,93,118)(H,94,120)(H,95,114)(H,96,115)(H,97,117)(H,98,124)(H,99,112)(H,100,121)(H,103,104)(H,105,106)(H,107,108)(H,109,110)/t40?,41-,42+,43-,44+,52-,53-,54-,55-,56-,57-,58-,59-,60-,61+,62-,68+/m0/s1. The number of nitrogens with two attached hydrogens (primary N) is 3. The Labute approximate surface area is 744 Å². The second kappa shape index (κ2) is 49.8. The van der Waals surface area contributed by atoms with Gasteiger partial charge in [0.2, 0.25) is 88.6 Å². The van der Waals surface area contributed by atoms with Crippen molar-refractivity contribution in [1.82, 2.24) is 74.4 Å². The highest BCUT2D eigenvalue weighted by atomic mass is 32.2. The lowest BCUT2D eigenvalue weighted by atomic mass is 9.85. The summed E-state index contributed by atoms with van der Waals surface area (Å²) >= 11 is 3.22. The molecular weight excluding hydrogens is 1720 g/mol. The summed E-state index contributed by atoms with van der Waals surface area (Å²) in [6.45, 7) is 11.3. The molecule has 0 aliphatic carbocycles. The Morgan fingerprint density at radius 3 is 1.43 bits per heavy atom. The Balaban J connectivity index is 1.57. The van der Waals surface area contributed by atoms with Gasteiger partial charge in [0.05, 0.1) is 43.6 Å². The van der Waals surface area contributed by atoms with Crippen molar-refractivity contribution in [3.8, 4) is 0 Å². The second-order valence-electron chi connectivity index (χ2n) is 32.2. The van der Waals surface area contributed by atoms with E-state index in [4.69, 9.17) is 17.2 Å². The number of benzene rings is 4. The van der Waals surface area contributed by atoms with Gasteiger partial charge in [-0.05, 0) is 96.9 Å². The monoisotopic (exact) mass is 1830 g/mol. The molecule has 4 aromatic rings. The molecule has 0 saturated carbocycles. The highest BCUT2D eigenvalue weighted by Crippen LogP contribution is 2.27. The zero-order chi connectivity index (χ0) is 94.3. The fourth-order valence-electron chi connectivity index (χ4n) is 13.3. The number of nitrogens with one attached hydrogen (secondary N) is 14. The van der Waals surface area contributed by atoms with Gasteiger partial charge < -0.3 is 112 Å². The quantitative estimate of drug-likeness (QED) is 0.0377. The minimum Gasteiger partial charge on any atom is -0.481 e. The maximum absolute atomic E-state index is 15.4. The van der Waals surface area contributed by atoms with Crippen molar-refractivity contribution in [3.63, 3.8) is 0 Å². The molecule has 127 heavy (non-hydrogen) atoms. The topological polar surface area (TPSA) is 672 Å². The van der Waals surface area contributed by atoms with Gasteiger partial charge in [0.1, 0.15) is 72.5 Å². The molecule has 15 amide bonds. The number of carbonyl (C=O) groups is 19. The first kappa shape index (κ1) is 104. The van der Waals surface area contributed by atoms with Crippen LogP contribution in [0.4, 0.5) is 0 Å². The SMILES string of the molecule is CC(C[C@@H]1NC(=O)[C@H](Cc2ccccc2)NC(=O)[C@H](CC(=O)O)NC(=O)[C@H](CCC(=O)O)NC(=O)[C@H]2CSCc3cc(cc(c3)CSC[C@H](NC(=O)[C@H](C)N)C(=O)N[C@H](C)C(=O)N[C@@H](CC(N)=O)C(=O)N[C@@H](CCC(=O)O)C(=O)N[C@@H](Cc3cccc4ccccc34)C(=O)N[C@H](C)N2)CSC[C@@H](C(N)=O)NC(=O)[C@H](C(C)(C)C)NC(=O)[C@H](CC(=O)O)NC1=O)[C@H](C)O. The molecule has 44 heteroatoms. The van der Waals surface area contributed by atoms with Crippen LogP contribution in [0.3, 0.4) is 0 Å². The summed E-state index contributed by atoms with van der Waals surface area (Å²) in [5.41, 5.74) is 18.6. The number of aliphatic hydroxyl groups excluding tert-OH is 1. The van der Waals surface area contributed by atoms with Crippen LogP contribution < -0.4 is 91.6 Å². The van der Waals surface area contributed by atoms with Crippen LogP contribution in [0.5, 0.6) is 0 Å². The summed E-state index contributed by atoms with van der Waals surface area (Å²) in [6, 6.07) is 0.783. The van der Waals surface area contributed by atoms with E-state index in [1.165, 1.54) is 67.5 Å². The summed E-state index contributed by atoms with van der Waals surface area (Å²) in [6.07, 6.45) is -10.2. The van der Waals surface area contributed by atoms with E-state index in [0.29, 0.717) is 38.6 Å². The average Bonchev–Trinajstić information content (AvgIpc) is 0.846. The number of carbonyl (C=O) groups excluding carboxylic acids is 15. The van der Waals surface area contributed by atoms with E-state index >= 15 is 9.59 Å². The first-order valence-electron chi connectivity index (χ1n) is 40.7. The first-order valence-corrected chi connectivity index (χ1v) is 44.2. The minimum atomic E-state index is -2.18. The maximum Gasteiger partial charge on any atom is 0.305 e. The van der Waals surface area contributed by atoms with Crippen molar-refractivity contribution in [1.29, 1.82) is 0 Å². The molecular formula is C83H113N17O24S3. The summed E-state index contributed by atoms with van der Waals surface area (Å²) in [4.78, 5) is 266. The molecule has 0 fully saturated rings. The maximum atomic E-state index is 15.4. The number of primary amides is 2. The molecule has 1 unspecified atom stereocenters. The lowest BCUT2D eigenvalue weighted by molar-refractivity contribution is -0.142. The van der Waals surface area contributed by atoms with Crippen LogP contribution in [-0.2, 0) is 121 Å². The number of aliphatic carboxylic acids is 4. The smallest absolute Gasteiger partial charge is 0.305 e. The summed E-state index contributed by atoms with van der Waals surface area (Å²) in [7, 11) is 0. The third-order valence-electron chi connectivity index (χ3n) is 20.3. The molecule has 2 aliphatic rings. The molecule has 0 aromatic heterocycles. The Kier molecular flexibility index (Phi) is 40.7. The number of rotatable bonds is 22. The fraction of sp³-hybridized carbons (Fsp3) is 0.506. The molecule has 0 spiro atoms. The van der Waals surface area contributed by atoms with E-state index in [2.05, 4.69) is 74.4 Å². The van der Waals surface area contributed by atoms with Gasteiger partial charge in [-0.25, -0.2) is 0 Å². The molecule has 4 bridgehead atoms. The largest absolute Gasteiger partial charge is 0.481 e. The van der Waals surface area contributed by atoms with E-state index in [1.807, 2.05) is 0 Å². The van der Waals surface area contributed by atoms with Gasteiger partial charge in [-0.2, -0.15) is 35.3 Å².